The van der Waals surface area contributed by atoms with Gasteiger partial charge in [-0.15, -0.1) is 0 Å². The van der Waals surface area contributed by atoms with E-state index in [-0.39, 0.29) is 0 Å². The van der Waals surface area contributed by atoms with E-state index >= 15 is 0 Å². The van der Waals surface area contributed by atoms with Crippen molar-refractivity contribution in [3.63, 3.8) is 0 Å². The second-order valence-electron chi connectivity index (χ2n) is 2.69. The number of hydrogen-bond donors (Lipinski definition) is 3. The first-order valence-corrected chi connectivity index (χ1v) is 3.27. The Morgan fingerprint density at radius 2 is 2.33 bits per heavy atom. The van der Waals surface area contributed by atoms with Crippen LogP contribution in [0.2, 0.25) is 0 Å². The molecule has 0 amide bonds. The van der Waals surface area contributed by atoms with Gasteiger partial charge in [0.15, 0.2) is 0 Å². The van der Waals surface area contributed by atoms with Crippen LogP contribution in [0, 0.1) is 5.92 Å². The highest BCUT2D eigenvalue weighted by Crippen LogP contribution is 1.94. The van der Waals surface area contributed by atoms with Crippen molar-refractivity contribution in [2.75, 3.05) is 13.2 Å². The molecule has 0 spiro atoms. The molecule has 0 radical (unpaired) electrons. The van der Waals surface area contributed by atoms with E-state index in [1.807, 2.05) is 0 Å². The fraction of sp³-hybridized carbons (Fsp3) is 1.00. The van der Waals surface area contributed by atoms with Crippen LogP contribution < -0.4 is 16.5 Å². The van der Waals surface area contributed by atoms with E-state index in [4.69, 9.17) is 0 Å². The maximum absolute atomic E-state index is 2.96. The number of nitrogens with zero attached hydrogens (tertiary/aromatic N) is 1. The molecular weight excluding hydrogens is 116 g/mol. The van der Waals surface area contributed by atoms with Crippen LogP contribution in [0.4, 0.5) is 0 Å². The van der Waals surface area contributed by atoms with Gasteiger partial charge in [-0.05, 0) is 5.92 Å². The molecule has 1 rings (SSSR count). The molecule has 1 aliphatic rings. The highest BCUT2D eigenvalue weighted by molar-refractivity contribution is 4.54. The van der Waals surface area contributed by atoms with Crippen molar-refractivity contribution in [3.8, 4) is 0 Å². The summed E-state index contributed by atoms with van der Waals surface area (Å²) in [6.07, 6.45) is 0. The summed E-state index contributed by atoms with van der Waals surface area (Å²) >= 11 is 0. The summed E-state index contributed by atoms with van der Waals surface area (Å²) in [6.45, 7) is 6.33. The molecule has 4 nitrogen and oxygen atoms in total. The van der Waals surface area contributed by atoms with Gasteiger partial charge in [0.1, 0.15) is 0 Å². The van der Waals surface area contributed by atoms with Crippen LogP contribution in [0.3, 0.4) is 0 Å². The van der Waals surface area contributed by atoms with Crippen molar-refractivity contribution < 1.29 is 0 Å². The zero-order valence-corrected chi connectivity index (χ0v) is 5.94. The summed E-state index contributed by atoms with van der Waals surface area (Å²) in [6, 6.07) is 0. The first-order chi connectivity index (χ1) is 4.29. The summed E-state index contributed by atoms with van der Waals surface area (Å²) in [7, 11) is 0. The Morgan fingerprint density at radius 1 is 1.56 bits per heavy atom. The molecule has 0 atom stereocenters. The number of rotatable bonds is 2. The Hall–Kier alpha value is -0.160. The van der Waals surface area contributed by atoms with E-state index in [0.717, 1.165) is 13.2 Å². The monoisotopic (exact) mass is 130 g/mol. The molecule has 54 valence electrons. The van der Waals surface area contributed by atoms with Crippen LogP contribution in [0.15, 0.2) is 0 Å². The third kappa shape index (κ3) is 2.28. The SMILES string of the molecule is CC(C)CN1CNNN1. The highest BCUT2D eigenvalue weighted by atomic mass is 15.9. The van der Waals surface area contributed by atoms with Gasteiger partial charge in [-0.1, -0.05) is 13.8 Å². The van der Waals surface area contributed by atoms with E-state index in [1.54, 1.807) is 0 Å². The molecule has 0 aromatic carbocycles. The number of hydrazine groups is 3. The van der Waals surface area contributed by atoms with E-state index in [0.29, 0.717) is 5.92 Å². The lowest BCUT2D eigenvalue weighted by Gasteiger charge is -2.14. The Balaban J connectivity index is 2.11. The van der Waals surface area contributed by atoms with Crippen molar-refractivity contribution in [2.24, 2.45) is 5.92 Å². The van der Waals surface area contributed by atoms with Crippen molar-refractivity contribution >= 4 is 0 Å². The average Bonchev–Trinajstić information content (AvgIpc) is 2.15. The molecule has 1 heterocycles. The molecule has 0 unspecified atom stereocenters. The van der Waals surface area contributed by atoms with Crippen molar-refractivity contribution in [1.29, 1.82) is 0 Å². The minimum atomic E-state index is 0.708. The lowest BCUT2D eigenvalue weighted by Crippen LogP contribution is -2.38. The van der Waals surface area contributed by atoms with Crippen LogP contribution in [0.5, 0.6) is 0 Å². The van der Waals surface area contributed by atoms with Gasteiger partial charge in [0.2, 0.25) is 0 Å². The van der Waals surface area contributed by atoms with Crippen molar-refractivity contribution in [2.45, 2.75) is 13.8 Å². The molecule has 0 aromatic rings. The number of hydrogen-bond acceptors (Lipinski definition) is 4. The molecule has 0 aromatic heterocycles. The largest absolute Gasteiger partial charge is 0.227 e. The van der Waals surface area contributed by atoms with Crippen LogP contribution in [0.1, 0.15) is 13.8 Å². The molecule has 4 heteroatoms. The normalized spacial score (nSPS) is 21.7. The molecule has 9 heavy (non-hydrogen) atoms. The summed E-state index contributed by atoms with van der Waals surface area (Å²) < 4.78 is 0. The standard InChI is InChI=1S/C5H14N4/c1-5(2)3-9-4-6-7-8-9/h5-8H,3-4H2,1-2H3. The van der Waals surface area contributed by atoms with Gasteiger partial charge < -0.3 is 0 Å². The lowest BCUT2D eigenvalue weighted by atomic mass is 10.2. The Bertz CT molecular complexity index is 77.0. The summed E-state index contributed by atoms with van der Waals surface area (Å²) in [5.41, 5.74) is 8.71. The average molecular weight is 130 g/mol. The maximum Gasteiger partial charge on any atom is 0.0778 e. The van der Waals surface area contributed by atoms with Gasteiger partial charge in [-0.3, -0.25) is 0 Å². The van der Waals surface area contributed by atoms with E-state index in [9.17, 15) is 0 Å². The highest BCUT2D eigenvalue weighted by Gasteiger charge is 2.09. The molecular formula is C5H14N4. The quantitative estimate of drug-likeness (QED) is 0.468. The van der Waals surface area contributed by atoms with E-state index < -0.39 is 0 Å². The Kier molecular flexibility index (Phi) is 2.41. The summed E-state index contributed by atoms with van der Waals surface area (Å²) in [4.78, 5) is 0. The minimum Gasteiger partial charge on any atom is -0.227 e. The van der Waals surface area contributed by atoms with Gasteiger partial charge in [0.05, 0.1) is 6.67 Å². The van der Waals surface area contributed by atoms with Gasteiger partial charge in [0, 0.05) is 6.54 Å². The fourth-order valence-electron chi connectivity index (χ4n) is 0.844. The second kappa shape index (κ2) is 3.12. The first-order valence-electron chi connectivity index (χ1n) is 3.27. The van der Waals surface area contributed by atoms with E-state index in [2.05, 4.69) is 35.4 Å². The molecule has 0 saturated carbocycles. The van der Waals surface area contributed by atoms with Crippen LogP contribution >= 0.6 is 0 Å². The Labute approximate surface area is 55.5 Å². The minimum absolute atomic E-state index is 0.708. The third-order valence-corrected chi connectivity index (χ3v) is 1.16. The van der Waals surface area contributed by atoms with Gasteiger partial charge in [0.25, 0.3) is 0 Å². The summed E-state index contributed by atoms with van der Waals surface area (Å²) in [5, 5.41) is 2.09. The van der Waals surface area contributed by atoms with Crippen LogP contribution in [-0.4, -0.2) is 18.2 Å². The predicted molar refractivity (Wildman–Crippen MR) is 35.8 cm³/mol. The first kappa shape index (κ1) is 6.95. The Morgan fingerprint density at radius 3 is 2.78 bits per heavy atom. The molecule has 0 aliphatic carbocycles. The third-order valence-electron chi connectivity index (χ3n) is 1.16. The summed E-state index contributed by atoms with van der Waals surface area (Å²) in [5.74, 6) is 0.708. The zero-order valence-electron chi connectivity index (χ0n) is 5.94. The second-order valence-corrected chi connectivity index (χ2v) is 2.69. The van der Waals surface area contributed by atoms with Gasteiger partial charge >= 0.3 is 0 Å². The molecule has 0 bridgehead atoms. The fourth-order valence-corrected chi connectivity index (χ4v) is 0.844. The van der Waals surface area contributed by atoms with Gasteiger partial charge in [-0.2, -0.15) is 11.1 Å². The topological polar surface area (TPSA) is 39.3 Å². The molecule has 1 fully saturated rings. The molecule has 1 aliphatic heterocycles. The van der Waals surface area contributed by atoms with Crippen LogP contribution in [0.25, 0.3) is 0 Å². The van der Waals surface area contributed by atoms with Crippen LogP contribution in [-0.2, 0) is 0 Å². The van der Waals surface area contributed by atoms with Gasteiger partial charge in [-0.25, -0.2) is 10.4 Å². The van der Waals surface area contributed by atoms with Crippen molar-refractivity contribution in [1.82, 2.24) is 21.5 Å². The predicted octanol–water partition coefficient (Wildman–Crippen LogP) is -0.571. The molecule has 3 N–H and O–H groups in total. The zero-order chi connectivity index (χ0) is 6.69. The maximum atomic E-state index is 2.96. The smallest absolute Gasteiger partial charge is 0.0778 e. The van der Waals surface area contributed by atoms with E-state index in [1.165, 1.54) is 0 Å². The molecule has 1 saturated heterocycles. The number of nitrogens with one attached hydrogen (secondary N) is 3. The van der Waals surface area contributed by atoms with Crippen molar-refractivity contribution in [3.05, 3.63) is 0 Å². The lowest BCUT2D eigenvalue weighted by molar-refractivity contribution is 0.207.